The van der Waals surface area contributed by atoms with Crippen molar-refractivity contribution >= 4 is 11.8 Å². The number of fused-ring (bicyclic) bond motifs is 1. The summed E-state index contributed by atoms with van der Waals surface area (Å²) in [5.74, 6) is -0.463. The van der Waals surface area contributed by atoms with Crippen LogP contribution in [0, 0.1) is 0 Å². The first-order valence-electron chi connectivity index (χ1n) is 9.28. The van der Waals surface area contributed by atoms with Gasteiger partial charge in [-0.2, -0.15) is 0 Å². The third-order valence-electron chi connectivity index (χ3n) is 4.62. The van der Waals surface area contributed by atoms with Gasteiger partial charge in [-0.1, -0.05) is 24.3 Å². The molecule has 0 saturated carbocycles. The Labute approximate surface area is 159 Å². The maximum Gasteiger partial charge on any atom is 0.309 e. The van der Waals surface area contributed by atoms with E-state index in [1.54, 1.807) is 6.26 Å². The molecule has 0 bridgehead atoms. The number of hydrogen-bond acceptors (Lipinski definition) is 4. The van der Waals surface area contributed by atoms with Gasteiger partial charge in [-0.25, -0.2) is 0 Å². The Kier molecular flexibility index (Phi) is 5.65. The number of hydrogen-bond donors (Lipinski definition) is 2. The number of furan rings is 1. The van der Waals surface area contributed by atoms with Crippen LogP contribution in [0.2, 0.25) is 0 Å². The second kappa shape index (κ2) is 7.96. The first-order chi connectivity index (χ1) is 12.8. The van der Waals surface area contributed by atoms with Gasteiger partial charge in [0.1, 0.15) is 5.76 Å². The normalized spacial score (nSPS) is 15.7. The molecule has 2 heterocycles. The third-order valence-corrected chi connectivity index (χ3v) is 4.62. The minimum atomic E-state index is -0.626. The molecule has 6 nitrogen and oxygen atoms in total. The van der Waals surface area contributed by atoms with E-state index in [0.29, 0.717) is 6.54 Å². The zero-order valence-electron chi connectivity index (χ0n) is 16.1. The van der Waals surface area contributed by atoms with Crippen LogP contribution < -0.4 is 10.6 Å². The molecule has 2 amide bonds. The van der Waals surface area contributed by atoms with E-state index in [1.807, 2.05) is 39.0 Å². The van der Waals surface area contributed by atoms with Crippen molar-refractivity contribution < 1.29 is 14.0 Å². The average molecular weight is 369 g/mol. The Hall–Kier alpha value is -2.60. The van der Waals surface area contributed by atoms with Gasteiger partial charge < -0.3 is 15.1 Å². The molecule has 0 radical (unpaired) electrons. The molecule has 0 unspecified atom stereocenters. The summed E-state index contributed by atoms with van der Waals surface area (Å²) in [7, 11) is 0. The molecule has 0 fully saturated rings. The summed E-state index contributed by atoms with van der Waals surface area (Å²) in [4.78, 5) is 26.5. The monoisotopic (exact) mass is 369 g/mol. The number of amides is 2. The van der Waals surface area contributed by atoms with E-state index in [2.05, 4.69) is 33.7 Å². The summed E-state index contributed by atoms with van der Waals surface area (Å²) in [5, 5.41) is 5.44. The van der Waals surface area contributed by atoms with Gasteiger partial charge in [0.15, 0.2) is 0 Å². The van der Waals surface area contributed by atoms with Crippen molar-refractivity contribution in [3.05, 3.63) is 59.5 Å². The molecule has 2 aromatic rings. The van der Waals surface area contributed by atoms with E-state index >= 15 is 0 Å². The van der Waals surface area contributed by atoms with E-state index in [9.17, 15) is 9.59 Å². The van der Waals surface area contributed by atoms with Crippen LogP contribution in [0.25, 0.3) is 0 Å². The van der Waals surface area contributed by atoms with E-state index in [1.165, 1.54) is 11.1 Å². The molecular weight excluding hydrogens is 342 g/mol. The van der Waals surface area contributed by atoms with Crippen LogP contribution in [-0.4, -0.2) is 35.3 Å². The summed E-state index contributed by atoms with van der Waals surface area (Å²) in [6.07, 6.45) is 2.58. The Balaban J connectivity index is 1.69. The Morgan fingerprint density at radius 1 is 1.11 bits per heavy atom. The summed E-state index contributed by atoms with van der Waals surface area (Å²) in [5.41, 5.74) is 2.20. The standard InChI is InChI=1S/C21H27N3O3/c1-21(2,3)23-20(26)19(25)22-13-17(18-9-6-12-27-18)24-11-10-15-7-4-5-8-16(15)14-24/h4-9,12,17H,10-11,13-14H2,1-3H3,(H,22,25)(H,23,26)/t17-/m0/s1. The smallest absolute Gasteiger partial charge is 0.309 e. The van der Waals surface area contributed by atoms with Gasteiger partial charge in [0.25, 0.3) is 0 Å². The first-order valence-corrected chi connectivity index (χ1v) is 9.28. The van der Waals surface area contributed by atoms with Crippen molar-refractivity contribution in [2.24, 2.45) is 0 Å². The fraction of sp³-hybridized carbons (Fsp3) is 0.429. The van der Waals surface area contributed by atoms with E-state index in [4.69, 9.17) is 4.42 Å². The van der Waals surface area contributed by atoms with Crippen LogP contribution in [0.5, 0.6) is 0 Å². The van der Waals surface area contributed by atoms with Crippen LogP contribution in [0.3, 0.4) is 0 Å². The number of nitrogens with zero attached hydrogens (tertiary/aromatic N) is 1. The summed E-state index contributed by atoms with van der Waals surface area (Å²) in [6.45, 7) is 7.49. The molecule has 1 aliphatic rings. The van der Waals surface area contributed by atoms with Gasteiger partial charge in [-0.15, -0.1) is 0 Å². The van der Waals surface area contributed by atoms with Crippen molar-refractivity contribution in [2.45, 2.75) is 45.3 Å². The Morgan fingerprint density at radius 3 is 2.52 bits per heavy atom. The fourth-order valence-electron chi connectivity index (χ4n) is 3.34. The molecule has 6 heteroatoms. The number of benzene rings is 1. The maximum atomic E-state index is 12.2. The minimum Gasteiger partial charge on any atom is -0.468 e. The third kappa shape index (κ3) is 4.98. The Bertz CT molecular complexity index is 793. The van der Waals surface area contributed by atoms with Gasteiger partial charge in [0.2, 0.25) is 0 Å². The molecule has 3 rings (SSSR count). The molecule has 1 aromatic carbocycles. The predicted molar refractivity (Wildman–Crippen MR) is 103 cm³/mol. The van der Waals surface area contributed by atoms with Crippen LogP contribution in [0.1, 0.15) is 43.7 Å². The van der Waals surface area contributed by atoms with Gasteiger partial charge in [-0.05, 0) is 50.5 Å². The van der Waals surface area contributed by atoms with Crippen LogP contribution in [0.15, 0.2) is 47.1 Å². The average Bonchev–Trinajstić information content (AvgIpc) is 3.14. The molecule has 1 aromatic heterocycles. The molecule has 1 atom stereocenters. The Morgan fingerprint density at radius 2 is 1.85 bits per heavy atom. The van der Waals surface area contributed by atoms with E-state index < -0.39 is 17.4 Å². The number of carbonyl (C=O) groups excluding carboxylic acids is 2. The predicted octanol–water partition coefficient (Wildman–Crippen LogP) is 2.41. The van der Waals surface area contributed by atoms with E-state index in [0.717, 1.165) is 25.3 Å². The zero-order chi connectivity index (χ0) is 19.4. The SMILES string of the molecule is CC(C)(C)NC(=O)C(=O)NC[C@@H](c1ccco1)N1CCc2ccccc2C1. The highest BCUT2D eigenvalue weighted by atomic mass is 16.3. The van der Waals surface area contributed by atoms with Crippen molar-refractivity contribution in [1.29, 1.82) is 0 Å². The van der Waals surface area contributed by atoms with Crippen molar-refractivity contribution in [2.75, 3.05) is 13.1 Å². The quantitative estimate of drug-likeness (QED) is 0.812. The molecule has 144 valence electrons. The molecule has 0 spiro atoms. The van der Waals surface area contributed by atoms with E-state index in [-0.39, 0.29) is 6.04 Å². The number of carbonyl (C=O) groups is 2. The lowest BCUT2D eigenvalue weighted by Gasteiger charge is -2.34. The molecular formula is C21H27N3O3. The second-order valence-corrected chi connectivity index (χ2v) is 7.93. The number of nitrogens with one attached hydrogen (secondary N) is 2. The highest BCUT2D eigenvalue weighted by Gasteiger charge is 2.28. The van der Waals surface area contributed by atoms with Crippen LogP contribution in [0.4, 0.5) is 0 Å². The molecule has 1 aliphatic heterocycles. The van der Waals surface area contributed by atoms with Gasteiger partial charge in [0, 0.05) is 25.2 Å². The lowest BCUT2D eigenvalue weighted by Crippen LogP contribution is -2.49. The topological polar surface area (TPSA) is 74.6 Å². The summed E-state index contributed by atoms with van der Waals surface area (Å²) >= 11 is 0. The lowest BCUT2D eigenvalue weighted by molar-refractivity contribution is -0.140. The maximum absolute atomic E-state index is 12.2. The minimum absolute atomic E-state index is 0.125. The highest BCUT2D eigenvalue weighted by Crippen LogP contribution is 2.27. The van der Waals surface area contributed by atoms with Crippen molar-refractivity contribution in [3.63, 3.8) is 0 Å². The number of rotatable bonds is 4. The van der Waals surface area contributed by atoms with Gasteiger partial charge >= 0.3 is 11.8 Å². The van der Waals surface area contributed by atoms with Crippen molar-refractivity contribution in [3.8, 4) is 0 Å². The van der Waals surface area contributed by atoms with Crippen LogP contribution >= 0.6 is 0 Å². The summed E-state index contributed by atoms with van der Waals surface area (Å²) in [6, 6.07) is 12.0. The fourth-order valence-corrected chi connectivity index (χ4v) is 3.34. The van der Waals surface area contributed by atoms with Crippen molar-refractivity contribution in [1.82, 2.24) is 15.5 Å². The first kappa shape index (κ1) is 19.2. The lowest BCUT2D eigenvalue weighted by atomic mass is 9.98. The highest BCUT2D eigenvalue weighted by molar-refractivity contribution is 6.35. The molecule has 0 saturated heterocycles. The zero-order valence-corrected chi connectivity index (χ0v) is 16.1. The van der Waals surface area contributed by atoms with Gasteiger partial charge in [-0.3, -0.25) is 14.5 Å². The van der Waals surface area contributed by atoms with Gasteiger partial charge in [0.05, 0.1) is 12.3 Å². The molecule has 27 heavy (non-hydrogen) atoms. The second-order valence-electron chi connectivity index (χ2n) is 7.93. The largest absolute Gasteiger partial charge is 0.468 e. The molecule has 0 aliphatic carbocycles. The summed E-state index contributed by atoms with van der Waals surface area (Å²) < 4.78 is 5.62. The van der Waals surface area contributed by atoms with Crippen LogP contribution in [-0.2, 0) is 22.6 Å². The molecule has 2 N–H and O–H groups in total.